The maximum atomic E-state index is 11.6. The van der Waals surface area contributed by atoms with E-state index >= 15 is 0 Å². The van der Waals surface area contributed by atoms with E-state index in [1.54, 1.807) is 54.6 Å². The number of carbonyl (C=O) groups excluding carboxylic acids is 4. The number of aldehydes is 1. The molecule has 0 amide bonds. The van der Waals surface area contributed by atoms with Crippen LogP contribution in [-0.2, 0) is 23.8 Å². The Bertz CT molecular complexity index is 1250. The Morgan fingerprint density at radius 1 is 0.783 bits per heavy atom. The lowest BCUT2D eigenvalue weighted by Gasteiger charge is -2.03. The van der Waals surface area contributed by atoms with Gasteiger partial charge < -0.3 is 24.1 Å². The number of hydrogen-bond donors (Lipinski definition) is 1. The van der Waals surface area contributed by atoms with Gasteiger partial charge in [0.25, 0.3) is 6.47 Å². The topological polar surface area (TPSA) is 125 Å². The van der Waals surface area contributed by atoms with E-state index in [2.05, 4.69) is 42.4 Å². The SMILES string of the molecule is C=C.C=C(/C=C\C(=C)OC(=O)c1ccccc1)OC=O.C=C(F)C=O.CCCO.COC(=O)Oc1ccccc1.c1ccccc1. The Balaban J connectivity index is -0.000000559. The first-order valence-electron chi connectivity index (χ1n) is 13.3. The molecule has 0 saturated carbocycles. The van der Waals surface area contributed by atoms with Crippen LogP contribution < -0.4 is 4.74 Å². The minimum atomic E-state index is -0.926. The lowest BCUT2D eigenvalue weighted by molar-refractivity contribution is -0.124. The molecule has 0 bridgehead atoms. The summed E-state index contributed by atoms with van der Waals surface area (Å²) in [7, 11) is 1.27. The van der Waals surface area contributed by atoms with Crippen LogP contribution in [0.15, 0.2) is 159 Å². The molecule has 0 aliphatic carbocycles. The minimum absolute atomic E-state index is 0.0556. The van der Waals surface area contributed by atoms with Crippen molar-refractivity contribution in [2.45, 2.75) is 13.3 Å². The molecule has 1 N–H and O–H groups in total. The summed E-state index contributed by atoms with van der Waals surface area (Å²) in [6.45, 7) is 18.1. The highest BCUT2D eigenvalue weighted by Gasteiger charge is 2.06. The molecule has 10 heteroatoms. The maximum Gasteiger partial charge on any atom is 0.513 e. The van der Waals surface area contributed by atoms with Gasteiger partial charge in [-0.15, -0.1) is 13.2 Å². The summed E-state index contributed by atoms with van der Waals surface area (Å²) >= 11 is 0. The third kappa shape index (κ3) is 31.1. The van der Waals surface area contributed by atoms with Crippen molar-refractivity contribution in [1.82, 2.24) is 0 Å². The zero-order valence-corrected chi connectivity index (χ0v) is 26.1. The Labute approximate surface area is 270 Å². The summed E-state index contributed by atoms with van der Waals surface area (Å²) in [5, 5.41) is 7.88. The first kappa shape index (κ1) is 44.6. The summed E-state index contributed by atoms with van der Waals surface area (Å²) in [5.41, 5.74) is 0.426. The van der Waals surface area contributed by atoms with Crippen LogP contribution >= 0.6 is 0 Å². The standard InChI is InChI=1S/C14H12O4.C8H8O3.C6H6.C3H3FO.C3H8O.C2H4/c1-11(17-10-15)8-9-12(2)18-14(16)13-6-4-3-5-7-13;1-10-8(9)11-7-5-3-2-4-6-7;1-2-4-6-5-3-1;1-3(4)2-5;1-2-3-4;1-2/h3-10H,1-2H2;2-6H,1H3;1-6H;2H,1H2;4H,2-3H2,1H3;1-2H2/b9-8-;;;;;. The van der Waals surface area contributed by atoms with Crippen LogP contribution in [0.4, 0.5) is 9.18 Å². The number of para-hydroxylation sites is 1. The van der Waals surface area contributed by atoms with Crippen LogP contribution in [0, 0.1) is 0 Å². The van der Waals surface area contributed by atoms with Gasteiger partial charge in [-0.05, 0) is 42.8 Å². The van der Waals surface area contributed by atoms with Gasteiger partial charge in [-0.25, -0.2) is 14.0 Å². The predicted molar refractivity (Wildman–Crippen MR) is 177 cm³/mol. The molecule has 46 heavy (non-hydrogen) atoms. The van der Waals surface area contributed by atoms with E-state index in [9.17, 15) is 18.8 Å². The number of carbonyl (C=O) groups is 4. The number of allylic oxidation sites excluding steroid dienone is 3. The Morgan fingerprint density at radius 2 is 1.17 bits per heavy atom. The van der Waals surface area contributed by atoms with Crippen molar-refractivity contribution in [3.63, 3.8) is 0 Å². The highest BCUT2D eigenvalue weighted by molar-refractivity contribution is 5.90. The van der Waals surface area contributed by atoms with E-state index in [1.165, 1.54) is 19.3 Å². The van der Waals surface area contributed by atoms with Crippen LogP contribution in [-0.4, -0.2) is 43.7 Å². The Morgan fingerprint density at radius 3 is 1.54 bits per heavy atom. The average molecular weight is 637 g/mol. The molecule has 0 radical (unpaired) electrons. The molecule has 9 nitrogen and oxygen atoms in total. The van der Waals surface area contributed by atoms with E-state index < -0.39 is 18.0 Å². The molecular formula is C36H41FO9. The summed E-state index contributed by atoms with van der Waals surface area (Å²) in [6, 6.07) is 29.3. The molecule has 3 rings (SSSR count). The number of aliphatic hydroxyl groups is 1. The molecule has 0 unspecified atom stereocenters. The summed E-state index contributed by atoms with van der Waals surface area (Å²) in [6.07, 6.45) is 2.98. The number of methoxy groups -OCH3 is 1. The molecule has 0 saturated heterocycles. The number of ether oxygens (including phenoxy) is 4. The van der Waals surface area contributed by atoms with Crippen molar-refractivity contribution in [3.8, 4) is 5.75 Å². The van der Waals surface area contributed by atoms with Crippen LogP contribution in [0.1, 0.15) is 23.7 Å². The summed E-state index contributed by atoms with van der Waals surface area (Å²) < 4.78 is 29.3. The van der Waals surface area contributed by atoms with E-state index in [0.29, 0.717) is 17.9 Å². The lowest BCUT2D eigenvalue weighted by atomic mass is 10.2. The van der Waals surface area contributed by atoms with Crippen molar-refractivity contribution >= 4 is 24.9 Å². The first-order valence-corrected chi connectivity index (χ1v) is 13.3. The van der Waals surface area contributed by atoms with E-state index in [1.807, 2.05) is 49.4 Å². The second-order valence-electron chi connectivity index (χ2n) is 7.55. The van der Waals surface area contributed by atoms with Gasteiger partial charge in [0.05, 0.1) is 12.7 Å². The zero-order valence-electron chi connectivity index (χ0n) is 26.1. The van der Waals surface area contributed by atoms with Crippen molar-refractivity contribution in [2.24, 2.45) is 0 Å². The van der Waals surface area contributed by atoms with Crippen LogP contribution in [0.3, 0.4) is 0 Å². The highest BCUT2D eigenvalue weighted by Crippen LogP contribution is 2.09. The molecule has 3 aromatic rings. The predicted octanol–water partition coefficient (Wildman–Crippen LogP) is 7.98. The molecule has 0 aliphatic rings. The van der Waals surface area contributed by atoms with Gasteiger partial charge in [0.1, 0.15) is 17.3 Å². The molecule has 0 spiro atoms. The maximum absolute atomic E-state index is 11.6. The summed E-state index contributed by atoms with van der Waals surface area (Å²) in [4.78, 5) is 41.2. The smallest absolute Gasteiger partial charge is 0.437 e. The third-order valence-corrected chi connectivity index (χ3v) is 4.02. The molecule has 0 aliphatic heterocycles. The van der Waals surface area contributed by atoms with Crippen LogP contribution in [0.25, 0.3) is 0 Å². The van der Waals surface area contributed by atoms with Crippen LogP contribution in [0.5, 0.6) is 5.75 Å². The zero-order chi connectivity index (χ0) is 35.4. The largest absolute Gasteiger partial charge is 0.513 e. The van der Waals surface area contributed by atoms with E-state index in [0.717, 1.165) is 6.42 Å². The number of esters is 1. The number of hydrogen-bond acceptors (Lipinski definition) is 9. The monoisotopic (exact) mass is 636 g/mol. The fraction of sp³-hybridized carbons (Fsp3) is 0.111. The number of rotatable bonds is 9. The van der Waals surface area contributed by atoms with Crippen molar-refractivity contribution in [1.29, 1.82) is 0 Å². The van der Waals surface area contributed by atoms with E-state index in [-0.39, 0.29) is 24.3 Å². The van der Waals surface area contributed by atoms with Gasteiger partial charge in [-0.1, -0.05) is 99.5 Å². The van der Waals surface area contributed by atoms with Crippen molar-refractivity contribution < 1.29 is 47.6 Å². The van der Waals surface area contributed by atoms with Crippen LogP contribution in [0.2, 0.25) is 0 Å². The fourth-order valence-electron chi connectivity index (χ4n) is 2.08. The highest BCUT2D eigenvalue weighted by atomic mass is 19.1. The number of halogens is 1. The van der Waals surface area contributed by atoms with Gasteiger partial charge >= 0.3 is 12.1 Å². The van der Waals surface area contributed by atoms with Crippen molar-refractivity contribution in [3.05, 3.63) is 165 Å². The molecule has 0 heterocycles. The normalized spacial score (nSPS) is 8.43. The van der Waals surface area contributed by atoms with E-state index in [4.69, 9.17) is 19.4 Å². The number of benzene rings is 3. The number of aliphatic hydroxyl groups excluding tert-OH is 1. The van der Waals surface area contributed by atoms with Gasteiger partial charge in [-0.2, -0.15) is 0 Å². The molecule has 3 aromatic carbocycles. The van der Waals surface area contributed by atoms with Gasteiger partial charge in [0, 0.05) is 6.61 Å². The van der Waals surface area contributed by atoms with Gasteiger partial charge in [-0.3, -0.25) is 9.59 Å². The second kappa shape index (κ2) is 33.6. The molecule has 246 valence electrons. The lowest BCUT2D eigenvalue weighted by Crippen LogP contribution is -2.06. The van der Waals surface area contributed by atoms with Crippen molar-refractivity contribution in [2.75, 3.05) is 13.7 Å². The summed E-state index contributed by atoms with van der Waals surface area (Å²) in [5.74, 6) is -0.696. The first-order chi connectivity index (χ1) is 22.1. The Kier molecular flexibility index (Phi) is 32.6. The minimum Gasteiger partial charge on any atom is -0.437 e. The molecule has 0 fully saturated rings. The quantitative estimate of drug-likeness (QED) is 0.0364. The molecule has 0 atom stereocenters. The molecular weight excluding hydrogens is 595 g/mol. The van der Waals surface area contributed by atoms with Gasteiger partial charge in [0.2, 0.25) is 0 Å². The third-order valence-electron chi connectivity index (χ3n) is 4.02. The fourth-order valence-corrected chi connectivity index (χ4v) is 2.08. The average Bonchev–Trinajstić information content (AvgIpc) is 3.10. The Hall–Kier alpha value is -5.87. The van der Waals surface area contributed by atoms with Gasteiger partial charge in [0.15, 0.2) is 12.1 Å². The second-order valence-corrected chi connectivity index (χ2v) is 7.55. The molecule has 0 aromatic heterocycles.